The molecule has 0 unspecified atom stereocenters. The zero-order valence-electron chi connectivity index (χ0n) is 10.3. The van der Waals surface area contributed by atoms with Gasteiger partial charge in [0.1, 0.15) is 0 Å². The Kier molecular flexibility index (Phi) is 2.82. The topological polar surface area (TPSA) is 29.9 Å². The lowest BCUT2D eigenvalue weighted by Crippen LogP contribution is -2.06. The summed E-state index contributed by atoms with van der Waals surface area (Å²) in [6.45, 7) is 0.789. The maximum Gasteiger partial charge on any atom is 0.0766 e. The first kappa shape index (κ1) is 11.0. The van der Waals surface area contributed by atoms with E-state index in [9.17, 15) is 0 Å². The molecule has 18 heavy (non-hydrogen) atoms. The number of aromatic nitrogens is 2. The highest BCUT2D eigenvalue weighted by atomic mass is 15.3. The van der Waals surface area contributed by atoms with Gasteiger partial charge in [-0.3, -0.25) is 0 Å². The van der Waals surface area contributed by atoms with Gasteiger partial charge in [-0.25, -0.2) is 4.68 Å². The van der Waals surface area contributed by atoms with Gasteiger partial charge in [-0.1, -0.05) is 36.4 Å². The van der Waals surface area contributed by atoms with Gasteiger partial charge in [0.25, 0.3) is 0 Å². The highest BCUT2D eigenvalue weighted by molar-refractivity contribution is 5.89. The fourth-order valence-corrected chi connectivity index (χ4v) is 2.18. The summed E-state index contributed by atoms with van der Waals surface area (Å²) in [5.74, 6) is 0. The number of nitrogens with one attached hydrogen (secondary N) is 1. The lowest BCUT2D eigenvalue weighted by molar-refractivity contribution is 0.758. The van der Waals surface area contributed by atoms with Crippen molar-refractivity contribution in [3.63, 3.8) is 0 Å². The molecule has 0 amide bonds. The summed E-state index contributed by atoms with van der Waals surface area (Å²) >= 11 is 0. The molecule has 3 heteroatoms. The average molecular weight is 237 g/mol. The largest absolute Gasteiger partial charge is 0.314 e. The molecule has 0 aliphatic carbocycles. The van der Waals surface area contributed by atoms with Crippen molar-refractivity contribution in [3.8, 4) is 5.69 Å². The van der Waals surface area contributed by atoms with Crippen LogP contribution in [0.5, 0.6) is 0 Å². The molecule has 0 fully saturated rings. The molecule has 1 aromatic heterocycles. The van der Waals surface area contributed by atoms with Gasteiger partial charge in [0.05, 0.1) is 11.4 Å². The SMILES string of the molecule is CNCc1ccn(-c2cccc3ccccc23)n1. The zero-order valence-corrected chi connectivity index (χ0v) is 10.3. The number of fused-ring (bicyclic) bond motifs is 1. The Bertz CT molecular complexity index is 665. The van der Waals surface area contributed by atoms with Crippen LogP contribution < -0.4 is 5.32 Å². The predicted octanol–water partition coefficient (Wildman–Crippen LogP) is 2.74. The minimum atomic E-state index is 0.789. The Hall–Kier alpha value is -2.13. The molecule has 0 radical (unpaired) electrons. The third-order valence-corrected chi connectivity index (χ3v) is 3.02. The number of rotatable bonds is 3. The van der Waals surface area contributed by atoms with E-state index >= 15 is 0 Å². The van der Waals surface area contributed by atoms with Crippen molar-refractivity contribution >= 4 is 10.8 Å². The Labute approximate surface area is 106 Å². The van der Waals surface area contributed by atoms with E-state index in [1.54, 1.807) is 0 Å². The third kappa shape index (κ3) is 1.89. The van der Waals surface area contributed by atoms with Crippen molar-refractivity contribution in [2.45, 2.75) is 6.54 Å². The molecular weight excluding hydrogens is 222 g/mol. The highest BCUT2D eigenvalue weighted by Gasteiger charge is 2.04. The molecule has 3 aromatic rings. The summed E-state index contributed by atoms with van der Waals surface area (Å²) in [6, 6.07) is 16.7. The number of nitrogens with zero attached hydrogens (tertiary/aromatic N) is 2. The molecule has 1 N–H and O–H groups in total. The number of hydrogen-bond acceptors (Lipinski definition) is 2. The fourth-order valence-electron chi connectivity index (χ4n) is 2.18. The Balaban J connectivity index is 2.12. The third-order valence-electron chi connectivity index (χ3n) is 3.02. The van der Waals surface area contributed by atoms with E-state index in [1.165, 1.54) is 10.8 Å². The first-order valence-electron chi connectivity index (χ1n) is 6.06. The maximum absolute atomic E-state index is 4.57. The summed E-state index contributed by atoms with van der Waals surface area (Å²) in [4.78, 5) is 0. The second-order valence-electron chi connectivity index (χ2n) is 4.28. The van der Waals surface area contributed by atoms with Crippen LogP contribution in [-0.4, -0.2) is 16.8 Å². The van der Waals surface area contributed by atoms with Gasteiger partial charge in [-0.2, -0.15) is 5.10 Å². The van der Waals surface area contributed by atoms with Crippen LogP contribution >= 0.6 is 0 Å². The van der Waals surface area contributed by atoms with E-state index in [1.807, 2.05) is 24.0 Å². The molecular formula is C15H15N3. The van der Waals surface area contributed by atoms with Gasteiger partial charge in [-0.15, -0.1) is 0 Å². The first-order valence-corrected chi connectivity index (χ1v) is 6.06. The summed E-state index contributed by atoms with van der Waals surface area (Å²) in [5, 5.41) is 10.1. The molecule has 0 spiro atoms. The summed E-state index contributed by atoms with van der Waals surface area (Å²) in [7, 11) is 1.93. The molecule has 1 heterocycles. The lowest BCUT2D eigenvalue weighted by atomic mass is 10.1. The van der Waals surface area contributed by atoms with Crippen LogP contribution in [0.25, 0.3) is 16.5 Å². The van der Waals surface area contributed by atoms with Gasteiger partial charge in [0.15, 0.2) is 0 Å². The highest BCUT2D eigenvalue weighted by Crippen LogP contribution is 2.21. The van der Waals surface area contributed by atoms with Gasteiger partial charge < -0.3 is 5.32 Å². The molecule has 0 aliphatic rings. The summed E-state index contributed by atoms with van der Waals surface area (Å²) < 4.78 is 1.94. The molecule has 0 saturated carbocycles. The second-order valence-corrected chi connectivity index (χ2v) is 4.28. The van der Waals surface area contributed by atoms with Crippen LogP contribution in [0, 0.1) is 0 Å². The smallest absolute Gasteiger partial charge is 0.0766 e. The van der Waals surface area contributed by atoms with Gasteiger partial charge in [-0.05, 0) is 24.6 Å². The van der Waals surface area contributed by atoms with Crippen LogP contribution in [-0.2, 0) is 6.54 Å². The van der Waals surface area contributed by atoms with E-state index in [4.69, 9.17) is 0 Å². The number of hydrogen-bond donors (Lipinski definition) is 1. The molecule has 90 valence electrons. The normalized spacial score (nSPS) is 10.9. The summed E-state index contributed by atoms with van der Waals surface area (Å²) in [5.41, 5.74) is 2.17. The van der Waals surface area contributed by atoms with Crippen molar-refractivity contribution in [3.05, 3.63) is 60.4 Å². The Morgan fingerprint density at radius 2 is 1.89 bits per heavy atom. The average Bonchev–Trinajstić information content (AvgIpc) is 2.87. The summed E-state index contributed by atoms with van der Waals surface area (Å²) in [6.07, 6.45) is 2.01. The van der Waals surface area contributed by atoms with Crippen LogP contribution in [0.1, 0.15) is 5.69 Å². The van der Waals surface area contributed by atoms with Crippen molar-refractivity contribution in [2.24, 2.45) is 0 Å². The molecule has 0 aliphatic heterocycles. The Morgan fingerprint density at radius 1 is 1.06 bits per heavy atom. The molecule has 3 rings (SSSR count). The van der Waals surface area contributed by atoms with Gasteiger partial charge in [0, 0.05) is 18.1 Å². The zero-order chi connectivity index (χ0) is 12.4. The van der Waals surface area contributed by atoms with Gasteiger partial charge in [0.2, 0.25) is 0 Å². The van der Waals surface area contributed by atoms with E-state index in [0.29, 0.717) is 0 Å². The molecule has 0 atom stereocenters. The molecule has 2 aromatic carbocycles. The van der Waals surface area contributed by atoms with Crippen LogP contribution in [0.2, 0.25) is 0 Å². The second kappa shape index (κ2) is 4.63. The van der Waals surface area contributed by atoms with E-state index in [-0.39, 0.29) is 0 Å². The minimum absolute atomic E-state index is 0.789. The number of benzene rings is 2. The van der Waals surface area contributed by atoms with Crippen molar-refractivity contribution in [2.75, 3.05) is 7.05 Å². The van der Waals surface area contributed by atoms with Crippen molar-refractivity contribution in [1.29, 1.82) is 0 Å². The van der Waals surface area contributed by atoms with Crippen molar-refractivity contribution in [1.82, 2.24) is 15.1 Å². The van der Waals surface area contributed by atoms with E-state index in [0.717, 1.165) is 17.9 Å². The van der Waals surface area contributed by atoms with Crippen LogP contribution in [0.3, 0.4) is 0 Å². The van der Waals surface area contributed by atoms with E-state index < -0.39 is 0 Å². The standard InChI is InChI=1S/C15H15N3/c1-16-11-13-9-10-18(17-13)15-8-4-6-12-5-2-3-7-14(12)15/h2-10,16H,11H2,1H3. The fraction of sp³-hybridized carbons (Fsp3) is 0.133. The van der Waals surface area contributed by atoms with Crippen molar-refractivity contribution < 1.29 is 0 Å². The van der Waals surface area contributed by atoms with Crippen LogP contribution in [0.4, 0.5) is 0 Å². The first-order chi connectivity index (χ1) is 8.88. The molecule has 0 bridgehead atoms. The Morgan fingerprint density at radius 3 is 2.78 bits per heavy atom. The molecule has 0 saturated heterocycles. The maximum atomic E-state index is 4.57. The predicted molar refractivity (Wildman–Crippen MR) is 73.8 cm³/mol. The van der Waals surface area contributed by atoms with Gasteiger partial charge >= 0.3 is 0 Å². The minimum Gasteiger partial charge on any atom is -0.314 e. The monoisotopic (exact) mass is 237 g/mol. The molecule has 3 nitrogen and oxygen atoms in total. The van der Waals surface area contributed by atoms with Crippen LogP contribution in [0.15, 0.2) is 54.7 Å². The lowest BCUT2D eigenvalue weighted by Gasteiger charge is -2.06. The quantitative estimate of drug-likeness (QED) is 0.759. The van der Waals surface area contributed by atoms with E-state index in [2.05, 4.69) is 52.9 Å².